The zero-order chi connectivity index (χ0) is 19.0. The van der Waals surface area contributed by atoms with Crippen LogP contribution in [0.25, 0.3) is 0 Å². The minimum Gasteiger partial charge on any atom is -0.748 e. The summed E-state index contributed by atoms with van der Waals surface area (Å²) in [5, 5.41) is 9.10. The molecule has 1 N–H and O–H groups in total. The maximum Gasteiger partial charge on any atom is 1.00 e. The van der Waals surface area contributed by atoms with Crippen molar-refractivity contribution < 1.29 is 47.6 Å². The molecule has 0 aliphatic rings. The molecule has 0 spiro atoms. The number of hydrogen-bond acceptors (Lipinski definition) is 4. The van der Waals surface area contributed by atoms with Crippen LogP contribution in [0.2, 0.25) is 0 Å². The molecule has 0 aromatic rings. The molecule has 2 unspecified atom stereocenters. The van der Waals surface area contributed by atoms with Crippen LogP contribution < -0.4 is 29.6 Å². The molecule has 0 saturated heterocycles. The van der Waals surface area contributed by atoms with Gasteiger partial charge in [0.15, 0.2) is 0 Å². The summed E-state index contributed by atoms with van der Waals surface area (Å²) in [7, 11) is -4.25. The standard InChI is InChI=1S/C20H42O4S.Na/c1-3-5-7-8-9-10-11-12-14-16-20(25(22,23)24)18-17-19(21)15-13-6-4-2;/h19-21H,3-18H2,1-2H3,(H,22,23,24);/q;+1/p-1. The first-order chi connectivity index (χ1) is 11.9. The van der Waals surface area contributed by atoms with Crippen molar-refractivity contribution >= 4 is 10.1 Å². The predicted octanol–water partition coefficient (Wildman–Crippen LogP) is 2.55. The van der Waals surface area contributed by atoms with Gasteiger partial charge in [0.2, 0.25) is 0 Å². The van der Waals surface area contributed by atoms with Crippen molar-refractivity contribution in [1.82, 2.24) is 0 Å². The molecule has 0 aliphatic carbocycles. The zero-order valence-electron chi connectivity index (χ0n) is 17.5. The maximum atomic E-state index is 11.4. The van der Waals surface area contributed by atoms with Gasteiger partial charge in [-0.05, 0) is 25.7 Å². The Balaban J connectivity index is 0. The Kier molecular flexibility index (Phi) is 21.5. The van der Waals surface area contributed by atoms with Crippen LogP contribution in [0.1, 0.15) is 117 Å². The van der Waals surface area contributed by atoms with Crippen LogP contribution in [0.4, 0.5) is 0 Å². The van der Waals surface area contributed by atoms with Gasteiger partial charge >= 0.3 is 29.6 Å². The van der Waals surface area contributed by atoms with Crippen molar-refractivity contribution in [3.05, 3.63) is 0 Å². The van der Waals surface area contributed by atoms with Crippen molar-refractivity contribution in [2.75, 3.05) is 0 Å². The second kappa shape index (κ2) is 19.2. The topological polar surface area (TPSA) is 77.4 Å². The minimum absolute atomic E-state index is 0. The van der Waals surface area contributed by atoms with Gasteiger partial charge in [-0.2, -0.15) is 0 Å². The summed E-state index contributed by atoms with van der Waals surface area (Å²) >= 11 is 0. The van der Waals surface area contributed by atoms with Crippen molar-refractivity contribution in [2.24, 2.45) is 0 Å². The van der Waals surface area contributed by atoms with Gasteiger partial charge in [0.1, 0.15) is 0 Å². The van der Waals surface area contributed by atoms with Gasteiger partial charge in [-0.15, -0.1) is 0 Å². The van der Waals surface area contributed by atoms with E-state index in [4.69, 9.17) is 0 Å². The predicted molar refractivity (Wildman–Crippen MR) is 105 cm³/mol. The average molecular weight is 401 g/mol. The van der Waals surface area contributed by atoms with E-state index in [2.05, 4.69) is 13.8 Å². The van der Waals surface area contributed by atoms with Gasteiger partial charge in [0.05, 0.1) is 16.2 Å². The second-order valence-corrected chi connectivity index (χ2v) is 9.11. The monoisotopic (exact) mass is 400 g/mol. The van der Waals surface area contributed by atoms with E-state index in [0.717, 1.165) is 38.5 Å². The van der Waals surface area contributed by atoms with Crippen LogP contribution in [0.5, 0.6) is 0 Å². The van der Waals surface area contributed by atoms with Crippen molar-refractivity contribution in [3.63, 3.8) is 0 Å². The summed E-state index contributed by atoms with van der Waals surface area (Å²) < 4.78 is 34.3. The fraction of sp³-hybridized carbons (Fsp3) is 1.00. The molecule has 0 aromatic carbocycles. The smallest absolute Gasteiger partial charge is 0.748 e. The first kappa shape index (κ1) is 29.1. The van der Waals surface area contributed by atoms with E-state index >= 15 is 0 Å². The van der Waals surface area contributed by atoms with Crippen LogP contribution in [0, 0.1) is 0 Å². The second-order valence-electron chi connectivity index (χ2n) is 7.46. The van der Waals surface area contributed by atoms with Gasteiger partial charge in [-0.3, -0.25) is 0 Å². The molecule has 0 heterocycles. The van der Waals surface area contributed by atoms with Gasteiger partial charge in [-0.25, -0.2) is 8.42 Å². The Morgan fingerprint density at radius 1 is 0.692 bits per heavy atom. The fourth-order valence-electron chi connectivity index (χ4n) is 3.27. The van der Waals surface area contributed by atoms with Gasteiger partial charge < -0.3 is 9.66 Å². The zero-order valence-corrected chi connectivity index (χ0v) is 20.4. The van der Waals surface area contributed by atoms with Gasteiger partial charge in [-0.1, -0.05) is 90.9 Å². The summed E-state index contributed by atoms with van der Waals surface area (Å²) in [6, 6.07) is 0. The molecule has 0 fully saturated rings. The third-order valence-corrected chi connectivity index (χ3v) is 6.29. The number of aliphatic hydroxyl groups is 1. The molecule has 6 heteroatoms. The average Bonchev–Trinajstić information content (AvgIpc) is 2.55. The Morgan fingerprint density at radius 3 is 1.62 bits per heavy atom. The molecule has 0 amide bonds. The van der Waals surface area contributed by atoms with E-state index in [9.17, 15) is 18.1 Å². The van der Waals surface area contributed by atoms with Gasteiger partial charge in [0, 0.05) is 5.25 Å². The Hall–Kier alpha value is 0.870. The number of unbranched alkanes of at least 4 members (excludes halogenated alkanes) is 10. The largest absolute Gasteiger partial charge is 1.00 e. The fourth-order valence-corrected chi connectivity index (χ4v) is 4.15. The summed E-state index contributed by atoms with van der Waals surface area (Å²) in [6.07, 6.45) is 15.1. The van der Waals surface area contributed by atoms with Crippen LogP contribution in [0.3, 0.4) is 0 Å². The molecule has 0 aliphatic heterocycles. The van der Waals surface area contributed by atoms with Gasteiger partial charge in [0.25, 0.3) is 0 Å². The van der Waals surface area contributed by atoms with Crippen LogP contribution in [-0.2, 0) is 10.1 Å². The third kappa shape index (κ3) is 18.2. The summed E-state index contributed by atoms with van der Waals surface area (Å²) in [5.74, 6) is 0. The van der Waals surface area contributed by atoms with E-state index in [1.807, 2.05) is 0 Å². The van der Waals surface area contributed by atoms with E-state index in [1.165, 1.54) is 38.5 Å². The quantitative estimate of drug-likeness (QED) is 0.218. The normalized spacial score (nSPS) is 14.0. The molecule has 26 heavy (non-hydrogen) atoms. The summed E-state index contributed by atoms with van der Waals surface area (Å²) in [4.78, 5) is 0. The molecule has 0 aromatic heterocycles. The van der Waals surface area contributed by atoms with Crippen LogP contribution in [0.15, 0.2) is 0 Å². The van der Waals surface area contributed by atoms with E-state index < -0.39 is 21.5 Å². The van der Waals surface area contributed by atoms with E-state index in [-0.39, 0.29) is 29.6 Å². The Bertz CT molecular complexity index is 387. The molecule has 0 rings (SSSR count). The minimum atomic E-state index is -4.25. The van der Waals surface area contributed by atoms with Crippen molar-refractivity contribution in [3.8, 4) is 0 Å². The Morgan fingerprint density at radius 2 is 1.12 bits per heavy atom. The first-order valence-corrected chi connectivity index (χ1v) is 12.0. The summed E-state index contributed by atoms with van der Waals surface area (Å²) in [5.41, 5.74) is 0. The Labute approximate surface area is 185 Å². The first-order valence-electron chi connectivity index (χ1n) is 10.5. The SMILES string of the molecule is CCCCCCCCCCCC(CCC(O)CCCCC)S(=O)(=O)[O-].[Na+]. The van der Waals surface area contributed by atoms with Crippen molar-refractivity contribution in [2.45, 2.75) is 128 Å². The van der Waals surface area contributed by atoms with Crippen LogP contribution in [-0.4, -0.2) is 29.4 Å². The van der Waals surface area contributed by atoms with E-state index in [0.29, 0.717) is 25.7 Å². The molecule has 152 valence electrons. The maximum absolute atomic E-state index is 11.4. The number of aliphatic hydroxyl groups excluding tert-OH is 1. The molecular formula is C20H41NaO4S. The molecule has 4 nitrogen and oxygen atoms in total. The number of rotatable bonds is 18. The molecule has 0 radical (unpaired) electrons. The molecule has 0 bridgehead atoms. The number of hydrogen-bond donors (Lipinski definition) is 1. The third-order valence-electron chi connectivity index (χ3n) is 5.00. The molecular weight excluding hydrogens is 359 g/mol. The molecule has 0 saturated carbocycles. The van der Waals surface area contributed by atoms with Crippen molar-refractivity contribution in [1.29, 1.82) is 0 Å². The van der Waals surface area contributed by atoms with Crippen LogP contribution >= 0.6 is 0 Å². The summed E-state index contributed by atoms with van der Waals surface area (Å²) in [6.45, 7) is 4.32. The molecule has 2 atom stereocenters. The van der Waals surface area contributed by atoms with E-state index in [1.54, 1.807) is 0 Å².